The molecule has 1 aliphatic heterocycles. The minimum Gasteiger partial charge on any atom is -0.362 e. The highest BCUT2D eigenvalue weighted by atomic mass is 32.1. The van der Waals surface area contributed by atoms with Crippen LogP contribution in [0.5, 0.6) is 0 Å². The second kappa shape index (κ2) is 8.90. The predicted molar refractivity (Wildman–Crippen MR) is 128 cm³/mol. The summed E-state index contributed by atoms with van der Waals surface area (Å²) in [6.07, 6.45) is 3.25. The van der Waals surface area contributed by atoms with Crippen LogP contribution in [0.4, 0.5) is 24.5 Å². The Balaban J connectivity index is 1.17. The molecule has 4 bridgehead atoms. The van der Waals surface area contributed by atoms with Gasteiger partial charge in [-0.3, -0.25) is 14.9 Å². The third-order valence-electron chi connectivity index (χ3n) is 8.35. The van der Waals surface area contributed by atoms with Crippen molar-refractivity contribution in [2.75, 3.05) is 31.1 Å². The number of carbonyl (C=O) groups excluding carboxylic acids is 1. The maximum Gasteiger partial charge on any atom is 0.416 e. The average molecular weight is 511 g/mol. The zero-order valence-electron chi connectivity index (χ0n) is 19.4. The monoisotopic (exact) mass is 510 g/mol. The van der Waals surface area contributed by atoms with Crippen LogP contribution in [0.1, 0.15) is 50.5 Å². The fourth-order valence-electron chi connectivity index (χ4n) is 7.35. The number of nitrogens with zero attached hydrogens (tertiary/aromatic N) is 3. The minimum atomic E-state index is -4.65. The maximum absolute atomic E-state index is 13.0. The average Bonchev–Trinajstić information content (AvgIpc) is 2.76. The maximum atomic E-state index is 13.0. The van der Waals surface area contributed by atoms with Gasteiger partial charge in [-0.1, -0.05) is 0 Å². The van der Waals surface area contributed by atoms with Crippen molar-refractivity contribution in [3.63, 3.8) is 0 Å². The molecule has 35 heavy (non-hydrogen) atoms. The number of benzene rings is 1. The normalized spacial score (nSPS) is 29.9. The summed E-state index contributed by atoms with van der Waals surface area (Å²) in [6, 6.07) is 2.60. The summed E-state index contributed by atoms with van der Waals surface area (Å²) in [5.74, 6) is 2.26. The van der Waals surface area contributed by atoms with Gasteiger partial charge in [-0.2, -0.15) is 13.2 Å². The molecule has 0 radical (unpaired) electrons. The molecule has 1 N–H and O–H groups in total. The highest BCUT2D eigenvalue weighted by Gasteiger charge is 2.51. The molecule has 190 valence electrons. The van der Waals surface area contributed by atoms with Gasteiger partial charge in [-0.05, 0) is 86.0 Å². The van der Waals surface area contributed by atoms with Crippen LogP contribution >= 0.6 is 12.2 Å². The lowest BCUT2D eigenvalue weighted by molar-refractivity contribution is -0.384. The van der Waals surface area contributed by atoms with Gasteiger partial charge in [0.25, 0.3) is 5.69 Å². The largest absolute Gasteiger partial charge is 0.416 e. The molecule has 0 unspecified atom stereocenters. The number of thiocarbonyl (C=S) groups is 1. The van der Waals surface area contributed by atoms with E-state index in [2.05, 4.69) is 5.32 Å². The fraction of sp³-hybridized carbons (Fsp3) is 0.667. The van der Waals surface area contributed by atoms with Gasteiger partial charge in [0.2, 0.25) is 5.91 Å². The van der Waals surface area contributed by atoms with E-state index in [1.807, 2.05) is 4.90 Å². The first-order valence-corrected chi connectivity index (χ1v) is 12.6. The van der Waals surface area contributed by atoms with Gasteiger partial charge < -0.3 is 15.1 Å². The Labute approximate surface area is 207 Å². The Kier molecular flexibility index (Phi) is 6.17. The summed E-state index contributed by atoms with van der Waals surface area (Å²) in [6.45, 7) is 1.51. The van der Waals surface area contributed by atoms with Gasteiger partial charge in [0.15, 0.2) is 5.11 Å². The second-order valence-corrected chi connectivity index (χ2v) is 11.3. The smallest absolute Gasteiger partial charge is 0.362 e. The molecule has 4 aliphatic carbocycles. The number of nitro benzene ring substituents is 1. The number of piperazine rings is 1. The van der Waals surface area contributed by atoms with Crippen molar-refractivity contribution < 1.29 is 22.9 Å². The molecule has 5 fully saturated rings. The zero-order valence-corrected chi connectivity index (χ0v) is 20.2. The topological polar surface area (TPSA) is 78.7 Å². The lowest BCUT2D eigenvalue weighted by atomic mass is 9.49. The molecule has 1 heterocycles. The van der Waals surface area contributed by atoms with Gasteiger partial charge in [0, 0.05) is 38.7 Å². The van der Waals surface area contributed by atoms with Crippen molar-refractivity contribution >= 4 is 34.6 Å². The first kappa shape index (κ1) is 24.3. The van der Waals surface area contributed by atoms with E-state index in [1.54, 1.807) is 4.90 Å². The number of nitro groups is 1. The molecule has 1 aromatic rings. The first-order chi connectivity index (χ1) is 16.5. The van der Waals surface area contributed by atoms with Crippen LogP contribution in [0, 0.1) is 33.3 Å². The molecule has 0 atom stereocenters. The van der Waals surface area contributed by atoms with E-state index in [-0.39, 0.29) is 17.0 Å². The number of carbonyl (C=O) groups is 1. The molecule has 1 amide bonds. The number of alkyl halides is 3. The number of rotatable bonds is 4. The molecule has 0 spiro atoms. The van der Waals surface area contributed by atoms with Crippen LogP contribution in [0.15, 0.2) is 18.2 Å². The number of hydrogen-bond donors (Lipinski definition) is 1. The predicted octanol–water partition coefficient (Wildman–Crippen LogP) is 4.74. The van der Waals surface area contributed by atoms with Gasteiger partial charge in [-0.15, -0.1) is 0 Å². The lowest BCUT2D eigenvalue weighted by Crippen LogP contribution is -2.54. The number of anilines is 1. The molecule has 6 rings (SSSR count). The van der Waals surface area contributed by atoms with E-state index < -0.39 is 22.4 Å². The van der Waals surface area contributed by atoms with Gasteiger partial charge in [0.1, 0.15) is 5.69 Å². The van der Waals surface area contributed by atoms with Crippen molar-refractivity contribution in [1.82, 2.24) is 10.2 Å². The van der Waals surface area contributed by atoms with Crippen molar-refractivity contribution in [1.29, 1.82) is 0 Å². The van der Waals surface area contributed by atoms with Crippen molar-refractivity contribution in [3.8, 4) is 0 Å². The van der Waals surface area contributed by atoms with E-state index >= 15 is 0 Å². The van der Waals surface area contributed by atoms with E-state index in [1.165, 1.54) is 19.3 Å². The number of hydrogen-bond acceptors (Lipinski definition) is 5. The van der Waals surface area contributed by atoms with Gasteiger partial charge >= 0.3 is 6.18 Å². The minimum absolute atomic E-state index is 0.0437. The van der Waals surface area contributed by atoms with E-state index in [4.69, 9.17) is 12.2 Å². The highest BCUT2D eigenvalue weighted by molar-refractivity contribution is 7.80. The molecule has 0 aromatic heterocycles. The van der Waals surface area contributed by atoms with E-state index in [9.17, 15) is 28.1 Å². The van der Waals surface area contributed by atoms with Gasteiger partial charge in [0.05, 0.1) is 10.5 Å². The molecule has 5 aliphatic rings. The third kappa shape index (κ3) is 4.96. The summed E-state index contributed by atoms with van der Waals surface area (Å²) in [5, 5.41) is 14.7. The molecule has 11 heteroatoms. The summed E-state index contributed by atoms with van der Waals surface area (Å²) in [5.41, 5.74) is -1.34. The highest BCUT2D eigenvalue weighted by Crippen LogP contribution is 2.61. The second-order valence-electron chi connectivity index (χ2n) is 10.9. The van der Waals surface area contributed by atoms with Crippen molar-refractivity contribution in [2.45, 2.75) is 51.1 Å². The van der Waals surface area contributed by atoms with Crippen LogP contribution in [0.25, 0.3) is 0 Å². The molecule has 1 saturated heterocycles. The number of nitrogens with one attached hydrogen (secondary N) is 1. The van der Waals surface area contributed by atoms with E-state index in [0.29, 0.717) is 43.8 Å². The number of amides is 1. The Bertz CT molecular complexity index is 1000. The van der Waals surface area contributed by atoms with Crippen LogP contribution in [-0.4, -0.2) is 47.0 Å². The summed E-state index contributed by atoms with van der Waals surface area (Å²) in [7, 11) is 0. The fourth-order valence-corrected chi connectivity index (χ4v) is 7.65. The molecular weight excluding hydrogens is 481 g/mol. The third-order valence-corrected chi connectivity index (χ3v) is 8.71. The van der Waals surface area contributed by atoms with Crippen LogP contribution in [-0.2, 0) is 11.0 Å². The van der Waals surface area contributed by atoms with Crippen LogP contribution in [0.2, 0.25) is 0 Å². The SMILES string of the molecule is O=C(CC12CC3CC(CC(C3)C1)C2)NC(=S)N1CCN(c2ccc(C(F)(F)F)cc2[N+](=O)[O-])CC1. The number of halogens is 3. The van der Waals surface area contributed by atoms with Crippen LogP contribution in [0.3, 0.4) is 0 Å². The van der Waals surface area contributed by atoms with Crippen molar-refractivity contribution in [2.24, 2.45) is 23.2 Å². The first-order valence-electron chi connectivity index (χ1n) is 12.2. The molecule has 4 saturated carbocycles. The lowest BCUT2D eigenvalue weighted by Gasteiger charge is -2.56. The molecular formula is C24H29F3N4O3S. The Morgan fingerprint density at radius 2 is 1.66 bits per heavy atom. The van der Waals surface area contributed by atoms with Crippen LogP contribution < -0.4 is 10.2 Å². The van der Waals surface area contributed by atoms with Gasteiger partial charge in [-0.25, -0.2) is 0 Å². The van der Waals surface area contributed by atoms with Crippen molar-refractivity contribution in [3.05, 3.63) is 33.9 Å². The summed E-state index contributed by atoms with van der Waals surface area (Å²) >= 11 is 5.48. The Morgan fingerprint density at radius 1 is 1.09 bits per heavy atom. The Hall–Kier alpha value is -2.43. The molecule has 1 aromatic carbocycles. The summed E-state index contributed by atoms with van der Waals surface area (Å²) < 4.78 is 39.0. The van der Waals surface area contributed by atoms with E-state index in [0.717, 1.165) is 49.1 Å². The standard InChI is InChI=1S/C24H29F3N4O3S/c25-24(26,27)18-1-2-19(20(10-18)31(33)34)29-3-5-30(6-4-29)22(35)28-21(32)14-23-11-15-7-16(12-23)9-17(8-15)13-23/h1-2,10,15-17H,3-9,11-14H2,(H,28,32,35). The molecule has 7 nitrogen and oxygen atoms in total. The zero-order chi connectivity index (χ0) is 25.0. The Morgan fingerprint density at radius 3 is 2.17 bits per heavy atom. The summed E-state index contributed by atoms with van der Waals surface area (Å²) in [4.78, 5) is 27.1. The quantitative estimate of drug-likeness (QED) is 0.358.